The first-order valence-electron chi connectivity index (χ1n) is 11.0. The molecule has 2 aliphatic rings. The van der Waals surface area contributed by atoms with Crippen LogP contribution in [0.5, 0.6) is 5.75 Å². The van der Waals surface area contributed by atoms with Crippen molar-refractivity contribution in [2.45, 2.75) is 39.7 Å². The lowest BCUT2D eigenvalue weighted by Crippen LogP contribution is -2.50. The van der Waals surface area contributed by atoms with Gasteiger partial charge in [-0.25, -0.2) is 4.79 Å². The van der Waals surface area contributed by atoms with Crippen molar-refractivity contribution in [1.29, 1.82) is 0 Å². The number of rotatable bonds is 3. The van der Waals surface area contributed by atoms with E-state index in [2.05, 4.69) is 0 Å². The van der Waals surface area contributed by atoms with Gasteiger partial charge in [0.1, 0.15) is 11.3 Å². The maximum absolute atomic E-state index is 13.1. The summed E-state index contributed by atoms with van der Waals surface area (Å²) >= 11 is 0. The number of hydrogen-bond acceptors (Lipinski definition) is 5. The van der Waals surface area contributed by atoms with Gasteiger partial charge in [-0.2, -0.15) is 0 Å². The molecule has 1 fully saturated rings. The molecule has 0 unspecified atom stereocenters. The topological polar surface area (TPSA) is 81.8 Å². The lowest BCUT2D eigenvalue weighted by molar-refractivity contribution is -0.136. The van der Waals surface area contributed by atoms with Crippen LogP contribution >= 0.6 is 0 Å². The van der Waals surface area contributed by atoms with Crippen molar-refractivity contribution in [1.82, 2.24) is 9.47 Å². The van der Waals surface area contributed by atoms with Crippen molar-refractivity contribution >= 4 is 16.9 Å². The molecule has 32 heavy (non-hydrogen) atoms. The summed E-state index contributed by atoms with van der Waals surface area (Å²) in [6, 6.07) is 9.06. The number of aromatic nitrogens is 1. The van der Waals surface area contributed by atoms with Gasteiger partial charge < -0.3 is 18.6 Å². The molecule has 4 heterocycles. The van der Waals surface area contributed by atoms with Crippen LogP contribution in [0, 0.1) is 26.7 Å². The van der Waals surface area contributed by atoms with E-state index in [4.69, 9.17) is 9.15 Å². The molecule has 0 N–H and O–H groups in total. The highest BCUT2D eigenvalue weighted by atomic mass is 16.5. The zero-order chi connectivity index (χ0) is 22.6. The Morgan fingerprint density at radius 1 is 1.09 bits per heavy atom. The maximum Gasteiger partial charge on any atom is 0.339 e. The molecule has 0 radical (unpaired) electrons. The molecule has 0 saturated carbocycles. The number of pyridine rings is 1. The number of fused-ring (bicyclic) bond motifs is 5. The average Bonchev–Trinajstić information content (AvgIpc) is 2.76. The summed E-state index contributed by atoms with van der Waals surface area (Å²) < 4.78 is 13.3. The van der Waals surface area contributed by atoms with Gasteiger partial charge in [-0.1, -0.05) is 6.07 Å². The van der Waals surface area contributed by atoms with Crippen LogP contribution in [0.3, 0.4) is 0 Å². The van der Waals surface area contributed by atoms with E-state index in [0.717, 1.165) is 28.6 Å². The van der Waals surface area contributed by atoms with Crippen molar-refractivity contribution in [2.75, 3.05) is 19.7 Å². The van der Waals surface area contributed by atoms with E-state index in [1.165, 1.54) is 0 Å². The molecule has 2 atom stereocenters. The molecule has 2 bridgehead atoms. The molecular formula is C25H26N2O5. The minimum Gasteiger partial charge on any atom is -0.483 e. The van der Waals surface area contributed by atoms with Gasteiger partial charge in [-0.15, -0.1) is 0 Å². The van der Waals surface area contributed by atoms with Gasteiger partial charge in [0.15, 0.2) is 6.61 Å². The molecule has 166 valence electrons. The van der Waals surface area contributed by atoms with E-state index >= 15 is 0 Å². The molecule has 2 aliphatic heterocycles. The fourth-order valence-corrected chi connectivity index (χ4v) is 5.13. The SMILES string of the molecule is Cc1cc(OCC(=O)N2C[C@@H]3C[C@@H](C2)c2cccc(=O)n2C3)c2c(C)c(C)c(=O)oc2c1. The number of hydrogen-bond donors (Lipinski definition) is 0. The number of ether oxygens (including phenoxy) is 1. The number of carbonyl (C=O) groups is 1. The molecular weight excluding hydrogens is 408 g/mol. The van der Waals surface area contributed by atoms with Gasteiger partial charge in [-0.05, 0) is 62.4 Å². The van der Waals surface area contributed by atoms with Gasteiger partial charge in [0, 0.05) is 42.9 Å². The van der Waals surface area contributed by atoms with Crippen LogP contribution in [0.1, 0.15) is 34.7 Å². The number of benzene rings is 1. The predicted octanol–water partition coefficient (Wildman–Crippen LogP) is 2.90. The van der Waals surface area contributed by atoms with E-state index in [1.807, 2.05) is 41.5 Å². The molecule has 3 aromatic rings. The molecule has 5 rings (SSSR count). The monoisotopic (exact) mass is 434 g/mol. The zero-order valence-corrected chi connectivity index (χ0v) is 18.5. The van der Waals surface area contributed by atoms with E-state index in [9.17, 15) is 14.4 Å². The Hall–Kier alpha value is -3.35. The van der Waals surface area contributed by atoms with E-state index in [-0.39, 0.29) is 35.5 Å². The van der Waals surface area contributed by atoms with Gasteiger partial charge in [0.2, 0.25) is 0 Å². The van der Waals surface area contributed by atoms with Crippen LogP contribution in [0.25, 0.3) is 11.0 Å². The minimum atomic E-state index is -0.359. The fraction of sp³-hybridized carbons (Fsp3) is 0.400. The Kier molecular flexibility index (Phi) is 4.92. The third kappa shape index (κ3) is 3.42. The standard InChI is InChI=1S/C25H26N2O5/c1-14-7-20(24-15(2)16(3)25(30)32-21(24)8-14)31-13-23(29)26-10-17-9-18(12-26)19-5-4-6-22(28)27(19)11-17/h4-8,17-18H,9-13H2,1-3H3/t17-,18-/m0/s1. The van der Waals surface area contributed by atoms with Crippen molar-refractivity contribution < 1.29 is 13.9 Å². The van der Waals surface area contributed by atoms with Crippen LogP contribution in [0.4, 0.5) is 0 Å². The molecule has 0 spiro atoms. The highest BCUT2D eigenvalue weighted by Crippen LogP contribution is 2.35. The normalized spacial score (nSPS) is 19.7. The number of amides is 1. The number of aryl methyl sites for hydroxylation is 2. The second kappa shape index (κ2) is 7.65. The van der Waals surface area contributed by atoms with Gasteiger partial charge in [0.25, 0.3) is 11.5 Å². The first-order chi connectivity index (χ1) is 15.3. The van der Waals surface area contributed by atoms with Crippen LogP contribution in [-0.4, -0.2) is 35.1 Å². The average molecular weight is 434 g/mol. The molecule has 7 nitrogen and oxygen atoms in total. The van der Waals surface area contributed by atoms with Crippen LogP contribution in [0.2, 0.25) is 0 Å². The Morgan fingerprint density at radius 2 is 1.91 bits per heavy atom. The first-order valence-corrected chi connectivity index (χ1v) is 11.0. The van der Waals surface area contributed by atoms with Crippen molar-refractivity contribution in [3.63, 3.8) is 0 Å². The van der Waals surface area contributed by atoms with Gasteiger partial charge in [-0.3, -0.25) is 9.59 Å². The molecule has 0 aliphatic carbocycles. The Morgan fingerprint density at radius 3 is 2.72 bits per heavy atom. The third-order valence-electron chi connectivity index (χ3n) is 6.84. The third-order valence-corrected chi connectivity index (χ3v) is 6.84. The highest BCUT2D eigenvalue weighted by Gasteiger charge is 2.36. The lowest BCUT2D eigenvalue weighted by Gasteiger charge is -2.42. The van der Waals surface area contributed by atoms with Crippen LogP contribution < -0.4 is 15.9 Å². The summed E-state index contributed by atoms with van der Waals surface area (Å²) in [6.45, 7) is 7.27. The van der Waals surface area contributed by atoms with Crippen molar-refractivity contribution in [3.05, 3.63) is 73.5 Å². The Bertz CT molecular complexity index is 1350. The Labute approximate surface area is 185 Å². The Balaban J connectivity index is 1.37. The molecule has 1 amide bonds. The van der Waals surface area contributed by atoms with E-state index < -0.39 is 0 Å². The number of piperidine rings is 1. The second-order valence-electron chi connectivity index (χ2n) is 9.06. The zero-order valence-electron chi connectivity index (χ0n) is 18.5. The summed E-state index contributed by atoms with van der Waals surface area (Å²) in [5.74, 6) is 0.906. The molecule has 7 heteroatoms. The van der Waals surface area contributed by atoms with Crippen molar-refractivity contribution in [3.8, 4) is 5.75 Å². The lowest BCUT2D eigenvalue weighted by atomic mass is 9.83. The van der Waals surface area contributed by atoms with E-state index in [0.29, 0.717) is 36.5 Å². The summed E-state index contributed by atoms with van der Waals surface area (Å²) in [5.41, 5.74) is 3.38. The summed E-state index contributed by atoms with van der Waals surface area (Å²) in [4.78, 5) is 39.2. The first kappa shape index (κ1) is 20.5. The minimum absolute atomic E-state index is 0.0314. The second-order valence-corrected chi connectivity index (χ2v) is 9.06. The van der Waals surface area contributed by atoms with Gasteiger partial charge >= 0.3 is 5.63 Å². The van der Waals surface area contributed by atoms with Crippen LogP contribution in [0.15, 0.2) is 44.3 Å². The molecule has 1 saturated heterocycles. The summed E-state index contributed by atoms with van der Waals surface area (Å²) in [5, 5.41) is 0.726. The fourth-order valence-electron chi connectivity index (χ4n) is 5.13. The van der Waals surface area contributed by atoms with Gasteiger partial charge in [0.05, 0.1) is 5.39 Å². The van der Waals surface area contributed by atoms with E-state index in [1.54, 1.807) is 19.1 Å². The van der Waals surface area contributed by atoms with Crippen molar-refractivity contribution in [2.24, 2.45) is 5.92 Å². The smallest absolute Gasteiger partial charge is 0.339 e. The summed E-state index contributed by atoms with van der Waals surface area (Å²) in [7, 11) is 0. The summed E-state index contributed by atoms with van der Waals surface area (Å²) in [6.07, 6.45) is 0.994. The molecule has 2 aromatic heterocycles. The number of nitrogens with zero attached hydrogens (tertiary/aromatic N) is 2. The van der Waals surface area contributed by atoms with Crippen LogP contribution in [-0.2, 0) is 11.3 Å². The molecule has 1 aromatic carbocycles. The largest absolute Gasteiger partial charge is 0.483 e. The highest BCUT2D eigenvalue weighted by molar-refractivity contribution is 5.88. The number of carbonyl (C=O) groups excluding carboxylic acids is 1. The maximum atomic E-state index is 13.1. The number of likely N-dealkylation sites (tertiary alicyclic amines) is 1. The predicted molar refractivity (Wildman–Crippen MR) is 120 cm³/mol. The quantitative estimate of drug-likeness (QED) is 0.592.